The Labute approximate surface area is 816 Å². The monoisotopic (exact) mass is 1910 g/mol. The maximum atomic E-state index is 14.8. The van der Waals surface area contributed by atoms with Crippen molar-refractivity contribution in [2.45, 2.75) is 271 Å². The van der Waals surface area contributed by atoms with Crippen LogP contribution in [0.3, 0.4) is 0 Å². The summed E-state index contributed by atoms with van der Waals surface area (Å²) in [5, 5.41) is 55.3. The van der Waals surface area contributed by atoms with E-state index in [9.17, 15) is 47.5 Å². The predicted molar refractivity (Wildman–Crippen MR) is 542 cm³/mol. The molecule has 27 heteroatoms. The van der Waals surface area contributed by atoms with E-state index in [2.05, 4.69) is 96.5 Å². The van der Waals surface area contributed by atoms with E-state index in [0.29, 0.717) is 95.1 Å². The second kappa shape index (κ2) is 42.4. The van der Waals surface area contributed by atoms with Crippen LogP contribution in [0.2, 0.25) is 10.0 Å². The van der Waals surface area contributed by atoms with Crippen LogP contribution < -0.4 is 0 Å². The second-order valence-electron chi connectivity index (χ2n) is 38.3. The van der Waals surface area contributed by atoms with E-state index in [4.69, 9.17) is 56.1 Å². The van der Waals surface area contributed by atoms with Gasteiger partial charge in [-0.3, -0.25) is 24.9 Å². The lowest BCUT2D eigenvalue weighted by molar-refractivity contribution is 0.111. The number of aliphatic hydroxyl groups is 5. The average Bonchev–Trinajstić information content (AvgIpc) is 1.64. The lowest BCUT2D eigenvalue weighted by atomic mass is 9.93. The first-order valence-electron chi connectivity index (χ1n) is 47.6. The van der Waals surface area contributed by atoms with E-state index in [1.165, 1.54) is 31.0 Å². The highest BCUT2D eigenvalue weighted by Crippen LogP contribution is 2.50. The molecule has 5 saturated carbocycles. The molecule has 5 aromatic carbocycles. The zero-order valence-electron chi connectivity index (χ0n) is 79.6. The van der Waals surface area contributed by atoms with Crippen LogP contribution in [0.5, 0.6) is 0 Å². The quantitative estimate of drug-likeness (QED) is 0.0577. The van der Waals surface area contributed by atoms with Crippen molar-refractivity contribution >= 4 is 106 Å². The molecule has 5 fully saturated rings. The number of fused-ring (bicyclic) bond motifs is 5. The van der Waals surface area contributed by atoms with Gasteiger partial charge in [0.25, 0.3) is 12.9 Å². The molecule has 20 nitrogen and oxygen atoms in total. The van der Waals surface area contributed by atoms with Gasteiger partial charge in [0.1, 0.15) is 5.82 Å². The lowest BCUT2D eigenvalue weighted by Gasteiger charge is -2.27. The molecule has 0 amide bonds. The van der Waals surface area contributed by atoms with Crippen molar-refractivity contribution in [1.82, 2.24) is 47.8 Å². The van der Waals surface area contributed by atoms with Crippen LogP contribution >= 0.6 is 23.2 Å². The molecule has 0 aliphatic heterocycles. The highest BCUT2D eigenvalue weighted by Gasteiger charge is 2.34. The Morgan fingerprint density at radius 2 is 0.460 bits per heavy atom. The van der Waals surface area contributed by atoms with Gasteiger partial charge >= 0.3 is 0 Å². The Morgan fingerprint density at radius 3 is 0.683 bits per heavy atom. The van der Waals surface area contributed by atoms with Crippen LogP contribution in [0.25, 0.3) is 134 Å². The second-order valence-corrected chi connectivity index (χ2v) is 39.0. The SMILES string of the molecule is [C-]#[N+]c1cc2c(-c3cncc(C)c3C(F)F)cn(C3CCC(O)CC3)c2cc1C.[C-]#[N+]c1cc2c(-c3cncc(C)c3C(F)F)cn(C3CCC(O)CC3)c2cc1C.[C-]#[N+]c1cc2c(-c3cncc(C)c3Cl)cn(C3CCC(O)CC3)c2cc1C.[C-]#[N+]c1cc2c(-c3cncc(C)c3Cl)cn(C3CCC(O)CC3)c2cc1C.[C-]#[N+]c1cc2c(-c3cncc(C)c3F)cn(C3CCC(O)CC3)c2cc1C. The van der Waals surface area contributed by atoms with Crippen LogP contribution in [0.1, 0.15) is 238 Å². The highest BCUT2D eigenvalue weighted by molar-refractivity contribution is 6.35. The fraction of sp³-hybridized carbons (Fsp3) is 0.375. The third kappa shape index (κ3) is 20.3. The number of benzene rings is 5. The molecule has 10 heterocycles. The van der Waals surface area contributed by atoms with Gasteiger partial charge in [-0.1, -0.05) is 23.2 Å². The molecular weight excluding hydrogens is 1800 g/mol. The van der Waals surface area contributed by atoms with Gasteiger partial charge in [-0.15, -0.1) is 0 Å². The van der Waals surface area contributed by atoms with Gasteiger partial charge in [0.05, 0.1) is 73.4 Å². The van der Waals surface area contributed by atoms with Gasteiger partial charge in [-0.25, -0.2) is 46.2 Å². The van der Waals surface area contributed by atoms with Crippen molar-refractivity contribution < 1.29 is 47.5 Å². The van der Waals surface area contributed by atoms with E-state index >= 15 is 0 Å². The normalized spacial score (nSPS) is 19.8. The molecule has 0 atom stereocenters. The molecule has 0 saturated heterocycles. The molecule has 5 aliphatic rings. The summed E-state index contributed by atoms with van der Waals surface area (Å²) in [6.07, 6.45) is 36.7. The maximum Gasteiger partial charge on any atom is 0.264 e. The summed E-state index contributed by atoms with van der Waals surface area (Å²) in [5.41, 5.74) is 23.2. The number of alkyl halides is 4. The number of pyridine rings is 5. The smallest absolute Gasteiger partial charge is 0.264 e. The number of hydrogen-bond acceptors (Lipinski definition) is 10. The highest BCUT2D eigenvalue weighted by atomic mass is 35.5. The summed E-state index contributed by atoms with van der Waals surface area (Å²) in [7, 11) is 0. The molecule has 0 bridgehead atoms. The molecule has 5 N–H and O–H groups in total. The van der Waals surface area contributed by atoms with E-state index in [1.807, 2.05) is 103 Å². The van der Waals surface area contributed by atoms with Crippen LogP contribution in [0.15, 0.2) is 154 Å². The Balaban J connectivity index is 0.000000125. The fourth-order valence-corrected chi connectivity index (χ4v) is 21.6. The van der Waals surface area contributed by atoms with Crippen molar-refractivity contribution in [3.63, 3.8) is 0 Å². The Hall–Kier alpha value is -13.0. The standard InChI is InChI=1S/2C23H23F2N3O.2C22H22ClN3O.C22H22FN3O/c2*1-13-8-21-17(9-20(13)26-3)19(12-28(21)15-4-6-16(29)7-5-15)18-11-27-10-14(2)22(18)23(24)25;3*1-13-8-21-17(9-20(13)24-3)19(18-11-25-10-14(2)22(18)23)12-26(21)15-4-6-16(27)7-5-15/h2*8-12,15-16,23,29H,4-7H2,1-2H3;3*8-12,15-16,27H,4-7H2,1-2H3. The Kier molecular flexibility index (Phi) is 30.2. The van der Waals surface area contributed by atoms with Gasteiger partial charge in [0.15, 0.2) is 28.4 Å². The number of hydrogen-bond donors (Lipinski definition) is 5. The molecule has 20 rings (SSSR count). The number of nitrogens with zero attached hydrogens (tertiary/aromatic N) is 15. The minimum atomic E-state index is -2.61. The van der Waals surface area contributed by atoms with E-state index in [-0.39, 0.29) is 65.6 Å². The molecule has 5 aliphatic carbocycles. The Bertz CT molecular complexity index is 6820. The molecule has 0 spiro atoms. The molecule has 714 valence electrons. The molecule has 0 radical (unpaired) electrons. The molecular formula is C112H112Cl2F5N15O5. The van der Waals surface area contributed by atoms with Gasteiger partial charge in [0, 0.05) is 223 Å². The van der Waals surface area contributed by atoms with Gasteiger partial charge in [-0.05, 0) is 335 Å². The van der Waals surface area contributed by atoms with Gasteiger partial charge in [0.2, 0.25) is 0 Å². The topological polar surface area (TPSA) is 212 Å². The molecule has 0 unspecified atom stereocenters. The summed E-state index contributed by atoms with van der Waals surface area (Å²) in [5.74, 6) is -0.270. The summed E-state index contributed by atoms with van der Waals surface area (Å²) in [6.45, 7) is 55.9. The summed E-state index contributed by atoms with van der Waals surface area (Å²) >= 11 is 13.2. The number of aliphatic hydroxyl groups excluding tert-OH is 5. The first-order chi connectivity index (χ1) is 66.8. The fourth-order valence-electron chi connectivity index (χ4n) is 21.2. The number of halogens is 7. The van der Waals surface area contributed by atoms with Gasteiger partial charge < -0.3 is 48.4 Å². The van der Waals surface area contributed by atoms with Crippen molar-refractivity contribution in [2.75, 3.05) is 0 Å². The third-order valence-electron chi connectivity index (χ3n) is 29.1. The lowest BCUT2D eigenvalue weighted by Crippen LogP contribution is -2.20. The van der Waals surface area contributed by atoms with Gasteiger partial charge in [-0.2, -0.15) is 0 Å². The van der Waals surface area contributed by atoms with Crippen molar-refractivity contribution in [2.24, 2.45) is 0 Å². The van der Waals surface area contributed by atoms with Crippen LogP contribution in [0, 0.1) is 108 Å². The number of rotatable bonds is 12. The average molecular weight is 1910 g/mol. The van der Waals surface area contributed by atoms with Crippen LogP contribution in [-0.2, 0) is 0 Å². The number of aryl methyl sites for hydroxylation is 10. The summed E-state index contributed by atoms with van der Waals surface area (Å²) in [4.78, 5) is 39.4. The third-order valence-corrected chi connectivity index (χ3v) is 30.1. The van der Waals surface area contributed by atoms with E-state index in [0.717, 1.165) is 250 Å². The summed E-state index contributed by atoms with van der Waals surface area (Å²) < 4.78 is 81.5. The van der Waals surface area contributed by atoms with E-state index < -0.39 is 12.9 Å². The maximum absolute atomic E-state index is 14.8. The molecule has 139 heavy (non-hydrogen) atoms. The largest absolute Gasteiger partial charge is 0.393 e. The Morgan fingerprint density at radius 1 is 0.266 bits per heavy atom. The zero-order valence-corrected chi connectivity index (χ0v) is 81.1. The molecule has 15 aromatic rings. The number of aromatic nitrogens is 10. The predicted octanol–water partition coefficient (Wildman–Crippen LogP) is 30.1. The summed E-state index contributed by atoms with van der Waals surface area (Å²) in [6, 6.07) is 21.0. The van der Waals surface area contributed by atoms with Crippen LogP contribution in [-0.4, -0.2) is 104 Å². The first-order valence-corrected chi connectivity index (χ1v) is 48.4. The van der Waals surface area contributed by atoms with Crippen molar-refractivity contribution in [3.05, 3.63) is 293 Å². The van der Waals surface area contributed by atoms with Crippen molar-refractivity contribution in [3.8, 4) is 55.6 Å². The van der Waals surface area contributed by atoms with E-state index in [1.54, 1.807) is 63.9 Å². The minimum Gasteiger partial charge on any atom is -0.393 e. The van der Waals surface area contributed by atoms with Crippen molar-refractivity contribution in [1.29, 1.82) is 0 Å². The minimum absolute atomic E-state index is 0.0111. The first kappa shape index (κ1) is 99.1. The molecule has 10 aromatic heterocycles. The van der Waals surface area contributed by atoms with Crippen LogP contribution in [0.4, 0.5) is 50.4 Å². The zero-order chi connectivity index (χ0) is 98.8.